The molecule has 0 saturated heterocycles. The van der Waals surface area contributed by atoms with Crippen LogP contribution in [0, 0.1) is 13.8 Å². The third-order valence-corrected chi connectivity index (χ3v) is 5.27. The van der Waals surface area contributed by atoms with Crippen molar-refractivity contribution in [2.24, 2.45) is 4.99 Å². The van der Waals surface area contributed by atoms with E-state index in [0.29, 0.717) is 6.67 Å². The Labute approximate surface area is 173 Å². The number of ether oxygens (including phenoxy) is 1. The summed E-state index contributed by atoms with van der Waals surface area (Å²) in [6, 6.07) is 25.3. The van der Waals surface area contributed by atoms with Gasteiger partial charge in [0.1, 0.15) is 11.6 Å². The quantitative estimate of drug-likeness (QED) is 0.619. The number of hydrogen-bond acceptors (Lipinski definition) is 4. The van der Waals surface area contributed by atoms with E-state index in [1.165, 1.54) is 22.4 Å². The third-order valence-electron chi connectivity index (χ3n) is 5.27. The van der Waals surface area contributed by atoms with Gasteiger partial charge in [-0.15, -0.1) is 0 Å². The highest BCUT2D eigenvalue weighted by Gasteiger charge is 2.24. The number of rotatable bonds is 5. The Kier molecular flexibility index (Phi) is 5.63. The summed E-state index contributed by atoms with van der Waals surface area (Å²) in [6.45, 7) is 6.62. The topological polar surface area (TPSA) is 28.1 Å². The first-order valence-corrected chi connectivity index (χ1v) is 9.94. The van der Waals surface area contributed by atoms with Gasteiger partial charge in [0.15, 0.2) is 0 Å². The lowest BCUT2D eigenvalue weighted by atomic mass is 10.1. The van der Waals surface area contributed by atoms with E-state index in [1.807, 2.05) is 18.2 Å². The standard InChI is InChI=1S/C25H27N3O/c1-19-9-10-20(2)24(15-19)28-18-27(16-21-11-13-23(29-3)14-12-21)17-26-25(28)22-7-5-4-6-8-22/h4-15H,16-18H2,1-3H3. The summed E-state index contributed by atoms with van der Waals surface area (Å²) in [6.07, 6.45) is 0. The van der Waals surface area contributed by atoms with Crippen LogP contribution in [0.1, 0.15) is 22.3 Å². The molecule has 0 amide bonds. The average Bonchev–Trinajstić information content (AvgIpc) is 2.76. The molecule has 0 N–H and O–H groups in total. The second-order valence-electron chi connectivity index (χ2n) is 7.53. The predicted molar refractivity (Wildman–Crippen MR) is 120 cm³/mol. The Bertz CT molecular complexity index is 996. The van der Waals surface area contributed by atoms with Crippen LogP contribution in [0.25, 0.3) is 0 Å². The van der Waals surface area contributed by atoms with Crippen LogP contribution in [0.15, 0.2) is 77.8 Å². The lowest BCUT2D eigenvalue weighted by Gasteiger charge is -2.37. The molecule has 1 aliphatic rings. The van der Waals surface area contributed by atoms with Crippen LogP contribution in [-0.2, 0) is 6.54 Å². The largest absolute Gasteiger partial charge is 0.497 e. The highest BCUT2D eigenvalue weighted by molar-refractivity contribution is 6.10. The Morgan fingerprint density at radius 3 is 2.41 bits per heavy atom. The number of nitrogens with zero attached hydrogens (tertiary/aromatic N) is 3. The van der Waals surface area contributed by atoms with Crippen molar-refractivity contribution in [1.82, 2.24) is 4.90 Å². The smallest absolute Gasteiger partial charge is 0.137 e. The van der Waals surface area contributed by atoms with Crippen molar-refractivity contribution in [1.29, 1.82) is 0 Å². The molecule has 0 bridgehead atoms. The first-order valence-electron chi connectivity index (χ1n) is 9.94. The maximum atomic E-state index is 5.28. The minimum Gasteiger partial charge on any atom is -0.497 e. The van der Waals surface area contributed by atoms with Crippen molar-refractivity contribution in [3.8, 4) is 5.75 Å². The van der Waals surface area contributed by atoms with Crippen LogP contribution in [-0.4, -0.2) is 31.2 Å². The van der Waals surface area contributed by atoms with Crippen LogP contribution < -0.4 is 9.64 Å². The molecule has 3 aromatic rings. The van der Waals surface area contributed by atoms with Gasteiger partial charge >= 0.3 is 0 Å². The molecule has 148 valence electrons. The molecule has 4 nitrogen and oxygen atoms in total. The van der Waals surface area contributed by atoms with E-state index in [-0.39, 0.29) is 0 Å². The molecule has 0 spiro atoms. The van der Waals surface area contributed by atoms with Gasteiger partial charge in [-0.3, -0.25) is 9.89 Å². The normalized spacial score (nSPS) is 14.6. The van der Waals surface area contributed by atoms with Gasteiger partial charge in [0.05, 0.1) is 20.4 Å². The van der Waals surface area contributed by atoms with Crippen molar-refractivity contribution < 1.29 is 4.74 Å². The van der Waals surface area contributed by atoms with Crippen molar-refractivity contribution >= 4 is 11.5 Å². The fraction of sp³-hybridized carbons (Fsp3) is 0.240. The maximum Gasteiger partial charge on any atom is 0.137 e. The van der Waals surface area contributed by atoms with Crippen LogP contribution in [0.5, 0.6) is 5.75 Å². The SMILES string of the molecule is COc1ccc(CN2CN=C(c3ccccc3)N(c3cc(C)ccc3C)C2)cc1. The summed E-state index contributed by atoms with van der Waals surface area (Å²) < 4.78 is 5.28. The van der Waals surface area contributed by atoms with E-state index in [4.69, 9.17) is 9.73 Å². The molecular weight excluding hydrogens is 358 g/mol. The number of aliphatic imine (C=N–C) groups is 1. The third kappa shape index (κ3) is 4.33. The molecule has 1 aliphatic heterocycles. The van der Waals surface area contributed by atoms with E-state index in [2.05, 4.69) is 78.2 Å². The van der Waals surface area contributed by atoms with Crippen LogP contribution in [0.3, 0.4) is 0 Å². The second kappa shape index (κ2) is 8.50. The molecular formula is C25H27N3O. The Morgan fingerprint density at radius 2 is 1.69 bits per heavy atom. The number of benzene rings is 3. The summed E-state index contributed by atoms with van der Waals surface area (Å²) in [5, 5.41) is 0. The van der Waals surface area contributed by atoms with Gasteiger partial charge in [0.25, 0.3) is 0 Å². The summed E-state index contributed by atoms with van der Waals surface area (Å²) in [7, 11) is 1.70. The highest BCUT2D eigenvalue weighted by atomic mass is 16.5. The first-order chi connectivity index (χ1) is 14.1. The molecule has 0 unspecified atom stereocenters. The number of anilines is 1. The highest BCUT2D eigenvalue weighted by Crippen LogP contribution is 2.27. The van der Waals surface area contributed by atoms with E-state index in [0.717, 1.165) is 30.4 Å². The summed E-state index contributed by atoms with van der Waals surface area (Å²) in [4.78, 5) is 9.68. The second-order valence-corrected chi connectivity index (χ2v) is 7.53. The van der Waals surface area contributed by atoms with Crippen LogP contribution in [0.2, 0.25) is 0 Å². The zero-order valence-corrected chi connectivity index (χ0v) is 17.3. The first kappa shape index (κ1) is 19.2. The lowest BCUT2D eigenvalue weighted by molar-refractivity contribution is 0.273. The Morgan fingerprint density at radius 1 is 0.931 bits per heavy atom. The average molecular weight is 386 g/mol. The molecule has 0 aromatic heterocycles. The summed E-state index contributed by atoms with van der Waals surface area (Å²) in [5.41, 5.74) is 6.13. The molecule has 0 aliphatic carbocycles. The summed E-state index contributed by atoms with van der Waals surface area (Å²) >= 11 is 0. The van der Waals surface area contributed by atoms with Gasteiger partial charge in [0.2, 0.25) is 0 Å². The molecule has 1 heterocycles. The Balaban J connectivity index is 1.65. The van der Waals surface area contributed by atoms with Gasteiger partial charge in [-0.2, -0.15) is 0 Å². The lowest BCUT2D eigenvalue weighted by Crippen LogP contribution is -2.46. The minimum absolute atomic E-state index is 0.678. The van der Waals surface area contributed by atoms with Gasteiger partial charge in [-0.25, -0.2) is 0 Å². The fourth-order valence-corrected chi connectivity index (χ4v) is 3.69. The van der Waals surface area contributed by atoms with Crippen LogP contribution in [0.4, 0.5) is 5.69 Å². The number of aryl methyl sites for hydroxylation is 2. The maximum absolute atomic E-state index is 5.28. The van der Waals surface area contributed by atoms with Gasteiger partial charge < -0.3 is 9.64 Å². The monoisotopic (exact) mass is 385 g/mol. The van der Waals surface area contributed by atoms with Crippen molar-refractivity contribution in [3.63, 3.8) is 0 Å². The molecule has 4 heteroatoms. The fourth-order valence-electron chi connectivity index (χ4n) is 3.69. The molecule has 29 heavy (non-hydrogen) atoms. The summed E-state index contributed by atoms with van der Waals surface area (Å²) in [5.74, 6) is 1.92. The van der Waals surface area contributed by atoms with E-state index in [1.54, 1.807) is 7.11 Å². The van der Waals surface area contributed by atoms with Gasteiger partial charge in [-0.1, -0.05) is 54.6 Å². The van der Waals surface area contributed by atoms with Crippen molar-refractivity contribution in [2.45, 2.75) is 20.4 Å². The molecule has 0 saturated carbocycles. The predicted octanol–water partition coefficient (Wildman–Crippen LogP) is 5.00. The zero-order valence-electron chi connectivity index (χ0n) is 17.3. The Hall–Kier alpha value is -3.11. The molecule has 3 aromatic carbocycles. The van der Waals surface area contributed by atoms with Gasteiger partial charge in [0, 0.05) is 17.8 Å². The van der Waals surface area contributed by atoms with Gasteiger partial charge in [-0.05, 0) is 48.7 Å². The number of amidine groups is 1. The molecule has 4 rings (SSSR count). The number of methoxy groups -OCH3 is 1. The van der Waals surface area contributed by atoms with Crippen LogP contribution >= 0.6 is 0 Å². The molecule has 0 radical (unpaired) electrons. The van der Waals surface area contributed by atoms with Crippen molar-refractivity contribution in [3.05, 3.63) is 95.1 Å². The van der Waals surface area contributed by atoms with E-state index < -0.39 is 0 Å². The van der Waals surface area contributed by atoms with E-state index in [9.17, 15) is 0 Å². The van der Waals surface area contributed by atoms with E-state index >= 15 is 0 Å². The van der Waals surface area contributed by atoms with Crippen molar-refractivity contribution in [2.75, 3.05) is 25.3 Å². The molecule has 0 fully saturated rings. The number of hydrogen-bond donors (Lipinski definition) is 0. The zero-order chi connectivity index (χ0) is 20.2. The molecule has 0 atom stereocenters. The minimum atomic E-state index is 0.678.